The molecule has 0 aromatic carbocycles. The predicted molar refractivity (Wildman–Crippen MR) is 42.3 cm³/mol. The third-order valence-corrected chi connectivity index (χ3v) is 2.17. The summed E-state index contributed by atoms with van der Waals surface area (Å²) in [5.41, 5.74) is 0. The standard InChI is InChI=1S/C8H17NO/c1-9(2,10)7-8-5-3-4-6-8/h8H,3-7H2,1-2H3. The van der Waals surface area contributed by atoms with E-state index in [0.29, 0.717) is 5.92 Å². The number of quaternary nitrogens is 1. The van der Waals surface area contributed by atoms with Gasteiger partial charge in [-0.1, -0.05) is 12.8 Å². The van der Waals surface area contributed by atoms with Gasteiger partial charge in [0.25, 0.3) is 0 Å². The normalized spacial score (nSPS) is 21.9. The summed E-state index contributed by atoms with van der Waals surface area (Å²) in [5.74, 6) is 0.715. The molecule has 0 heterocycles. The van der Waals surface area contributed by atoms with E-state index in [0.717, 1.165) is 6.54 Å². The van der Waals surface area contributed by atoms with E-state index < -0.39 is 0 Å². The topological polar surface area (TPSA) is 23.1 Å². The molecule has 0 saturated heterocycles. The Kier molecular flexibility index (Phi) is 2.32. The Morgan fingerprint density at radius 2 is 1.80 bits per heavy atom. The van der Waals surface area contributed by atoms with Gasteiger partial charge in [0.1, 0.15) is 0 Å². The summed E-state index contributed by atoms with van der Waals surface area (Å²) in [5, 5.41) is 11.2. The SMILES string of the molecule is C[N+](C)([O-])CC1CCCC1. The van der Waals surface area contributed by atoms with Gasteiger partial charge in [-0.15, -0.1) is 0 Å². The van der Waals surface area contributed by atoms with E-state index in [-0.39, 0.29) is 4.65 Å². The van der Waals surface area contributed by atoms with Crippen LogP contribution in [0.1, 0.15) is 25.7 Å². The van der Waals surface area contributed by atoms with Crippen molar-refractivity contribution in [1.82, 2.24) is 0 Å². The summed E-state index contributed by atoms with van der Waals surface area (Å²) in [6.07, 6.45) is 5.24. The predicted octanol–water partition coefficient (Wildman–Crippen LogP) is 1.75. The second-order valence-corrected chi connectivity index (χ2v) is 3.91. The van der Waals surface area contributed by atoms with E-state index in [1.54, 1.807) is 14.1 Å². The van der Waals surface area contributed by atoms with Crippen LogP contribution in [-0.2, 0) is 0 Å². The number of hydroxylamine groups is 3. The fourth-order valence-corrected chi connectivity index (χ4v) is 1.81. The summed E-state index contributed by atoms with van der Waals surface area (Å²) in [6, 6.07) is 0. The molecule has 1 fully saturated rings. The van der Waals surface area contributed by atoms with Gasteiger partial charge >= 0.3 is 0 Å². The summed E-state index contributed by atoms with van der Waals surface area (Å²) in [4.78, 5) is 0. The first-order chi connectivity index (χ1) is 4.58. The molecule has 0 atom stereocenters. The number of rotatable bonds is 2. The average Bonchev–Trinajstić information content (AvgIpc) is 2.12. The molecule has 2 nitrogen and oxygen atoms in total. The largest absolute Gasteiger partial charge is 0.633 e. The van der Waals surface area contributed by atoms with Gasteiger partial charge in [-0.25, -0.2) is 0 Å². The Bertz CT molecular complexity index is 100. The Labute approximate surface area is 63.0 Å². The smallest absolute Gasteiger partial charge is 0.0808 e. The molecule has 0 N–H and O–H groups in total. The van der Waals surface area contributed by atoms with Crippen molar-refractivity contribution in [2.75, 3.05) is 20.6 Å². The van der Waals surface area contributed by atoms with Gasteiger partial charge < -0.3 is 9.85 Å². The molecule has 1 saturated carbocycles. The van der Waals surface area contributed by atoms with E-state index in [4.69, 9.17) is 0 Å². The fraction of sp³-hybridized carbons (Fsp3) is 1.00. The molecule has 0 amide bonds. The molecule has 0 aromatic heterocycles. The van der Waals surface area contributed by atoms with E-state index in [1.165, 1.54) is 25.7 Å². The molecule has 0 spiro atoms. The highest BCUT2D eigenvalue weighted by Crippen LogP contribution is 2.26. The maximum atomic E-state index is 11.2. The van der Waals surface area contributed by atoms with Crippen molar-refractivity contribution < 1.29 is 4.65 Å². The Morgan fingerprint density at radius 3 is 2.20 bits per heavy atom. The van der Waals surface area contributed by atoms with Crippen molar-refractivity contribution in [3.8, 4) is 0 Å². The molecule has 2 heteroatoms. The minimum absolute atomic E-state index is 0.106. The summed E-state index contributed by atoms with van der Waals surface area (Å²) in [6.45, 7) is 0.819. The Hall–Kier alpha value is -0.0800. The van der Waals surface area contributed by atoms with Crippen LogP contribution in [0, 0.1) is 11.1 Å². The lowest BCUT2D eigenvalue weighted by molar-refractivity contribution is -0.843. The molecule has 60 valence electrons. The van der Waals surface area contributed by atoms with E-state index >= 15 is 0 Å². The second-order valence-electron chi connectivity index (χ2n) is 3.91. The van der Waals surface area contributed by atoms with Crippen molar-refractivity contribution in [2.45, 2.75) is 25.7 Å². The minimum Gasteiger partial charge on any atom is -0.633 e. The fourth-order valence-electron chi connectivity index (χ4n) is 1.81. The summed E-state index contributed by atoms with van der Waals surface area (Å²) in [7, 11) is 3.47. The van der Waals surface area contributed by atoms with Crippen LogP contribution in [0.3, 0.4) is 0 Å². The lowest BCUT2D eigenvalue weighted by Gasteiger charge is -2.36. The third kappa shape index (κ3) is 2.67. The van der Waals surface area contributed by atoms with Crippen molar-refractivity contribution in [1.29, 1.82) is 0 Å². The number of hydrogen-bond acceptors (Lipinski definition) is 1. The first-order valence-corrected chi connectivity index (χ1v) is 4.12. The van der Waals surface area contributed by atoms with Crippen LogP contribution in [0.15, 0.2) is 0 Å². The van der Waals surface area contributed by atoms with Crippen LogP contribution in [0.4, 0.5) is 0 Å². The van der Waals surface area contributed by atoms with Crippen LogP contribution >= 0.6 is 0 Å². The van der Waals surface area contributed by atoms with Crippen LogP contribution in [0.5, 0.6) is 0 Å². The lowest BCUT2D eigenvalue weighted by atomic mass is 10.1. The number of hydrogen-bond donors (Lipinski definition) is 0. The van der Waals surface area contributed by atoms with Crippen LogP contribution < -0.4 is 0 Å². The van der Waals surface area contributed by atoms with Gasteiger partial charge in [-0.3, -0.25) is 0 Å². The molecular weight excluding hydrogens is 126 g/mol. The van der Waals surface area contributed by atoms with Gasteiger partial charge in [0.05, 0.1) is 20.6 Å². The second kappa shape index (κ2) is 2.89. The highest BCUT2D eigenvalue weighted by atomic mass is 16.5. The average molecular weight is 143 g/mol. The number of nitrogens with zero attached hydrogens (tertiary/aromatic N) is 1. The quantitative estimate of drug-likeness (QED) is 0.426. The molecule has 0 aliphatic heterocycles. The molecule has 0 bridgehead atoms. The molecule has 1 aliphatic rings. The van der Waals surface area contributed by atoms with Gasteiger partial charge in [0.15, 0.2) is 0 Å². The van der Waals surface area contributed by atoms with Crippen molar-refractivity contribution in [3.63, 3.8) is 0 Å². The molecule has 1 aliphatic carbocycles. The molecule has 0 radical (unpaired) electrons. The van der Waals surface area contributed by atoms with Crippen LogP contribution in [-0.4, -0.2) is 25.3 Å². The maximum Gasteiger partial charge on any atom is 0.0808 e. The van der Waals surface area contributed by atoms with Crippen molar-refractivity contribution in [3.05, 3.63) is 5.21 Å². The molecule has 10 heavy (non-hydrogen) atoms. The monoisotopic (exact) mass is 143 g/mol. The highest BCUT2D eigenvalue weighted by Gasteiger charge is 2.19. The zero-order chi connectivity index (χ0) is 7.61. The zero-order valence-corrected chi connectivity index (χ0v) is 6.97. The van der Waals surface area contributed by atoms with Gasteiger partial charge in [0.2, 0.25) is 0 Å². The Morgan fingerprint density at radius 1 is 1.30 bits per heavy atom. The first kappa shape index (κ1) is 8.02. The van der Waals surface area contributed by atoms with E-state index in [9.17, 15) is 5.21 Å². The van der Waals surface area contributed by atoms with Crippen LogP contribution in [0.25, 0.3) is 0 Å². The van der Waals surface area contributed by atoms with Crippen molar-refractivity contribution in [2.24, 2.45) is 5.92 Å². The molecule has 1 rings (SSSR count). The van der Waals surface area contributed by atoms with Gasteiger partial charge in [-0.2, -0.15) is 0 Å². The van der Waals surface area contributed by atoms with Gasteiger partial charge in [-0.05, 0) is 12.8 Å². The minimum atomic E-state index is -0.106. The van der Waals surface area contributed by atoms with Gasteiger partial charge in [0, 0.05) is 5.92 Å². The molecule has 0 unspecified atom stereocenters. The Balaban J connectivity index is 2.24. The third-order valence-electron chi connectivity index (χ3n) is 2.17. The van der Waals surface area contributed by atoms with Crippen LogP contribution in [0.2, 0.25) is 0 Å². The summed E-state index contributed by atoms with van der Waals surface area (Å²) < 4.78 is -0.106. The lowest BCUT2D eigenvalue weighted by Crippen LogP contribution is -2.36. The van der Waals surface area contributed by atoms with E-state index in [2.05, 4.69) is 0 Å². The first-order valence-electron chi connectivity index (χ1n) is 4.12. The van der Waals surface area contributed by atoms with Crippen molar-refractivity contribution >= 4 is 0 Å². The maximum absolute atomic E-state index is 11.2. The molecular formula is C8H17NO. The summed E-state index contributed by atoms with van der Waals surface area (Å²) >= 11 is 0. The zero-order valence-electron chi connectivity index (χ0n) is 6.97. The molecule has 0 aromatic rings. The highest BCUT2D eigenvalue weighted by molar-refractivity contribution is 4.66. The van der Waals surface area contributed by atoms with E-state index in [1.807, 2.05) is 0 Å².